The average Bonchev–Trinajstić information content (AvgIpc) is 3.18. The molecule has 270 valence electrons. The van der Waals surface area contributed by atoms with Crippen LogP contribution in [0.1, 0.15) is 94.9 Å². The molecule has 1 aliphatic heterocycles. The lowest BCUT2D eigenvalue weighted by molar-refractivity contribution is -0.0443. The lowest BCUT2D eigenvalue weighted by atomic mass is 9.42. The third-order valence-electron chi connectivity index (χ3n) is 15.0. The number of benzene rings is 6. The van der Waals surface area contributed by atoms with Crippen molar-refractivity contribution >= 4 is 39.6 Å². The van der Waals surface area contributed by atoms with Gasteiger partial charge < -0.3 is 4.90 Å². The van der Waals surface area contributed by atoms with Crippen LogP contribution in [0.25, 0.3) is 21.9 Å². The molecule has 0 aromatic heterocycles. The highest BCUT2D eigenvalue weighted by Gasteiger charge is 2.60. The number of hydrogen-bond acceptors (Lipinski definition) is 2. The fraction of sp³-hybridized carbons (Fsp3) is 0.346. The highest BCUT2D eigenvalue weighted by atomic mass is 32.2. The standard InChI is InChI=1S/C52H51NS/c1-50(2)24-25-51(3,4)46-31-37(18-22-43(46)50)35-16-19-40(20-17-35)53(47-14-9-11-36-10-5-6-12-42(36)47)41-21-23-45-49(32-41)54-48-15-8-7-13-44(48)52(45)38-27-33-26-34(29-38)30-39(52)28-33/h5-23,31-34,38-39H,24-30H2,1-4H3. The van der Waals surface area contributed by atoms with E-state index >= 15 is 0 Å². The van der Waals surface area contributed by atoms with Gasteiger partial charge in [0.1, 0.15) is 0 Å². The van der Waals surface area contributed by atoms with E-state index < -0.39 is 0 Å². The Morgan fingerprint density at radius 3 is 1.89 bits per heavy atom. The highest BCUT2D eigenvalue weighted by molar-refractivity contribution is 7.99. The monoisotopic (exact) mass is 721 g/mol. The van der Waals surface area contributed by atoms with Crippen LogP contribution >= 0.6 is 11.8 Å². The first-order valence-corrected chi connectivity index (χ1v) is 21.5. The van der Waals surface area contributed by atoms with Crippen LogP contribution in [-0.2, 0) is 16.2 Å². The van der Waals surface area contributed by atoms with E-state index in [1.165, 1.54) is 105 Å². The summed E-state index contributed by atoms with van der Waals surface area (Å²) in [7, 11) is 0. The largest absolute Gasteiger partial charge is 0.310 e. The van der Waals surface area contributed by atoms with E-state index in [1.807, 2.05) is 11.8 Å². The molecule has 4 bridgehead atoms. The molecule has 4 saturated carbocycles. The number of anilines is 3. The summed E-state index contributed by atoms with van der Waals surface area (Å²) in [6, 6.07) is 49.4. The summed E-state index contributed by atoms with van der Waals surface area (Å²) in [5, 5.41) is 2.54. The number of fused-ring (bicyclic) bond motifs is 4. The van der Waals surface area contributed by atoms with Crippen molar-refractivity contribution in [3.8, 4) is 11.1 Å². The summed E-state index contributed by atoms with van der Waals surface area (Å²) in [4.78, 5) is 5.46. The zero-order valence-corrected chi connectivity index (χ0v) is 33.1. The smallest absolute Gasteiger partial charge is 0.0540 e. The topological polar surface area (TPSA) is 3.24 Å². The Morgan fingerprint density at radius 1 is 0.500 bits per heavy atom. The van der Waals surface area contributed by atoms with Gasteiger partial charge in [0.2, 0.25) is 0 Å². The predicted molar refractivity (Wildman–Crippen MR) is 228 cm³/mol. The molecule has 0 atom stereocenters. The molecule has 1 nitrogen and oxygen atoms in total. The molecule has 0 unspecified atom stereocenters. The minimum Gasteiger partial charge on any atom is -0.310 e. The van der Waals surface area contributed by atoms with Crippen LogP contribution in [0.2, 0.25) is 0 Å². The Hall–Kier alpha value is -4.27. The van der Waals surface area contributed by atoms with Gasteiger partial charge in [0.05, 0.1) is 5.69 Å². The minimum atomic E-state index is 0.147. The van der Waals surface area contributed by atoms with Crippen LogP contribution in [0.5, 0.6) is 0 Å². The van der Waals surface area contributed by atoms with Crippen molar-refractivity contribution in [1.82, 2.24) is 0 Å². The van der Waals surface area contributed by atoms with E-state index in [9.17, 15) is 0 Å². The third-order valence-corrected chi connectivity index (χ3v) is 16.1. The van der Waals surface area contributed by atoms with E-state index in [-0.39, 0.29) is 16.2 Å². The third kappa shape index (κ3) is 4.84. The van der Waals surface area contributed by atoms with Crippen LogP contribution in [0.3, 0.4) is 0 Å². The van der Waals surface area contributed by atoms with Crippen molar-refractivity contribution in [3.05, 3.63) is 150 Å². The molecule has 5 aliphatic carbocycles. The van der Waals surface area contributed by atoms with Gasteiger partial charge in [0.25, 0.3) is 0 Å². The van der Waals surface area contributed by atoms with Crippen molar-refractivity contribution in [3.63, 3.8) is 0 Å². The van der Waals surface area contributed by atoms with Crippen LogP contribution < -0.4 is 4.90 Å². The van der Waals surface area contributed by atoms with Crippen molar-refractivity contribution in [2.45, 2.75) is 98.7 Å². The maximum atomic E-state index is 2.57. The fourth-order valence-electron chi connectivity index (χ4n) is 12.4. The lowest BCUT2D eigenvalue weighted by Crippen LogP contribution is -2.57. The van der Waals surface area contributed by atoms with Gasteiger partial charge >= 0.3 is 0 Å². The van der Waals surface area contributed by atoms with Crippen molar-refractivity contribution in [2.75, 3.05) is 4.90 Å². The minimum absolute atomic E-state index is 0.147. The first kappa shape index (κ1) is 33.1. The lowest BCUT2D eigenvalue weighted by Gasteiger charge is -2.63. The second-order valence-electron chi connectivity index (χ2n) is 18.9. The molecule has 6 aromatic rings. The summed E-state index contributed by atoms with van der Waals surface area (Å²) >= 11 is 2.01. The Morgan fingerprint density at radius 2 is 1.11 bits per heavy atom. The quantitative estimate of drug-likeness (QED) is 0.178. The predicted octanol–water partition coefficient (Wildman–Crippen LogP) is 14.5. The molecule has 12 rings (SSSR count). The molecule has 0 N–H and O–H groups in total. The normalized spacial score (nSPS) is 26.7. The van der Waals surface area contributed by atoms with Gasteiger partial charge in [0.15, 0.2) is 0 Å². The summed E-state index contributed by atoms with van der Waals surface area (Å²) in [5.74, 6) is 3.38. The highest BCUT2D eigenvalue weighted by Crippen LogP contribution is 2.69. The average molecular weight is 722 g/mol. The molecule has 1 heterocycles. The van der Waals surface area contributed by atoms with E-state index in [0.717, 1.165) is 23.7 Å². The Labute approximate surface area is 326 Å². The first-order valence-electron chi connectivity index (χ1n) is 20.6. The van der Waals surface area contributed by atoms with Crippen LogP contribution in [0.15, 0.2) is 137 Å². The van der Waals surface area contributed by atoms with Crippen LogP contribution in [-0.4, -0.2) is 0 Å². The van der Waals surface area contributed by atoms with E-state index in [0.29, 0.717) is 0 Å². The van der Waals surface area contributed by atoms with Gasteiger partial charge in [-0.2, -0.15) is 0 Å². The maximum Gasteiger partial charge on any atom is 0.0540 e. The summed E-state index contributed by atoms with van der Waals surface area (Å²) in [6.07, 6.45) is 9.56. The van der Waals surface area contributed by atoms with E-state index in [4.69, 9.17) is 0 Å². The Kier molecular flexibility index (Phi) is 7.27. The van der Waals surface area contributed by atoms with Gasteiger partial charge in [-0.15, -0.1) is 0 Å². The molecule has 54 heavy (non-hydrogen) atoms. The molecule has 2 heteroatoms. The van der Waals surface area contributed by atoms with Crippen molar-refractivity contribution < 1.29 is 0 Å². The molecule has 1 spiro atoms. The second-order valence-corrected chi connectivity index (χ2v) is 19.9. The molecule has 6 aliphatic rings. The maximum absolute atomic E-state index is 2.57. The van der Waals surface area contributed by atoms with Gasteiger partial charge in [-0.25, -0.2) is 0 Å². The Bertz CT molecular complexity index is 2420. The summed E-state index contributed by atoms with van der Waals surface area (Å²) in [6.45, 7) is 9.68. The number of nitrogens with zero attached hydrogens (tertiary/aromatic N) is 1. The van der Waals surface area contributed by atoms with Gasteiger partial charge in [-0.1, -0.05) is 130 Å². The number of hydrogen-bond donors (Lipinski definition) is 0. The number of rotatable bonds is 4. The van der Waals surface area contributed by atoms with Gasteiger partial charge in [-0.3, -0.25) is 0 Å². The molecule has 0 radical (unpaired) electrons. The summed E-state index contributed by atoms with van der Waals surface area (Å²) in [5.41, 5.74) is 13.1. The molecular formula is C52H51NS. The van der Waals surface area contributed by atoms with Crippen LogP contribution in [0, 0.1) is 23.7 Å². The molecule has 0 amide bonds. The second kappa shape index (κ2) is 11.9. The first-order chi connectivity index (χ1) is 26.2. The van der Waals surface area contributed by atoms with Gasteiger partial charge in [0, 0.05) is 32.0 Å². The molecule has 6 aromatic carbocycles. The van der Waals surface area contributed by atoms with E-state index in [1.54, 1.807) is 11.1 Å². The molecule has 4 fully saturated rings. The van der Waals surface area contributed by atoms with Gasteiger partial charge in [-0.05, 0) is 155 Å². The Balaban J connectivity index is 1.05. The molecule has 0 saturated heterocycles. The molecular weight excluding hydrogens is 671 g/mol. The summed E-state index contributed by atoms with van der Waals surface area (Å²) < 4.78 is 0. The zero-order valence-electron chi connectivity index (χ0n) is 32.2. The van der Waals surface area contributed by atoms with Crippen molar-refractivity contribution in [1.29, 1.82) is 0 Å². The fourth-order valence-corrected chi connectivity index (χ4v) is 13.7. The van der Waals surface area contributed by atoms with Crippen LogP contribution in [0.4, 0.5) is 17.1 Å². The van der Waals surface area contributed by atoms with Crippen molar-refractivity contribution in [2.24, 2.45) is 23.7 Å². The SMILES string of the molecule is CC1(C)CCC(C)(C)c2cc(-c3ccc(N(c4ccc5c(c4)Sc4ccccc4C54C5CC6CC(C5)CC4C6)c4cccc5ccccc45)cc3)ccc21. The van der Waals surface area contributed by atoms with E-state index in [2.05, 4.69) is 160 Å². The zero-order chi connectivity index (χ0) is 36.4.